The summed E-state index contributed by atoms with van der Waals surface area (Å²) >= 11 is 0. The summed E-state index contributed by atoms with van der Waals surface area (Å²) in [4.78, 5) is 27.9. The van der Waals surface area contributed by atoms with Crippen molar-refractivity contribution in [3.63, 3.8) is 0 Å². The Bertz CT molecular complexity index is 1130. The van der Waals surface area contributed by atoms with E-state index in [2.05, 4.69) is 0 Å². The van der Waals surface area contributed by atoms with E-state index in [4.69, 9.17) is 14.3 Å². The zero-order valence-corrected chi connectivity index (χ0v) is 18.4. The number of aliphatic carboxylic acids is 1. The maximum atomic E-state index is 13.8. The van der Waals surface area contributed by atoms with E-state index < -0.39 is 18.7 Å². The van der Waals surface area contributed by atoms with Crippen LogP contribution >= 0.6 is 0 Å². The van der Waals surface area contributed by atoms with Crippen LogP contribution in [0.15, 0.2) is 59.2 Å². The van der Waals surface area contributed by atoms with Gasteiger partial charge in [-0.05, 0) is 41.8 Å². The Hall–Kier alpha value is -3.39. The molecule has 2 aromatic carbocycles. The number of carbonyl (C=O) groups is 2. The van der Waals surface area contributed by atoms with Crippen molar-refractivity contribution in [2.24, 2.45) is 0 Å². The molecule has 3 aromatic rings. The van der Waals surface area contributed by atoms with Gasteiger partial charge in [-0.3, -0.25) is 9.69 Å². The molecule has 1 amide bonds. The summed E-state index contributed by atoms with van der Waals surface area (Å²) in [5.74, 6) is -0.737. The predicted octanol–water partition coefficient (Wildman–Crippen LogP) is 3.68. The Morgan fingerprint density at radius 2 is 2.09 bits per heavy atom. The highest BCUT2D eigenvalue weighted by atomic mass is 19.1. The topological polar surface area (TPSA) is 83.2 Å². The van der Waals surface area contributed by atoms with E-state index in [1.807, 2.05) is 35.2 Å². The number of rotatable bonds is 9. The SMILES string of the molecule is CN(C(=O)Cc1cccc2occc12)C(CN1CCC(F)C1)c1cccc(OCC(=O)O)c1. The molecule has 1 saturated heterocycles. The number of carboxylic acid groups (broad SMARTS) is 1. The summed E-state index contributed by atoms with van der Waals surface area (Å²) < 4.78 is 24.6. The lowest BCUT2D eigenvalue weighted by molar-refractivity contribution is -0.139. The first kappa shape index (κ1) is 22.8. The molecule has 0 bridgehead atoms. The van der Waals surface area contributed by atoms with Crippen LogP contribution in [0.25, 0.3) is 11.0 Å². The zero-order valence-electron chi connectivity index (χ0n) is 18.4. The van der Waals surface area contributed by atoms with Crippen molar-refractivity contribution in [3.8, 4) is 5.75 Å². The molecule has 0 aliphatic carbocycles. The van der Waals surface area contributed by atoms with Gasteiger partial charge in [-0.2, -0.15) is 0 Å². The predicted molar refractivity (Wildman–Crippen MR) is 121 cm³/mol. The Morgan fingerprint density at radius 1 is 1.27 bits per heavy atom. The average molecular weight is 454 g/mol. The van der Waals surface area contributed by atoms with Gasteiger partial charge in [0.05, 0.1) is 18.7 Å². The average Bonchev–Trinajstić information content (AvgIpc) is 3.45. The number of halogens is 1. The monoisotopic (exact) mass is 454 g/mol. The van der Waals surface area contributed by atoms with Crippen LogP contribution in [0, 0.1) is 0 Å². The van der Waals surface area contributed by atoms with E-state index in [-0.39, 0.29) is 18.4 Å². The van der Waals surface area contributed by atoms with Crippen molar-refractivity contribution < 1.29 is 28.2 Å². The van der Waals surface area contributed by atoms with Gasteiger partial charge in [-0.15, -0.1) is 0 Å². The number of amides is 1. The van der Waals surface area contributed by atoms with Gasteiger partial charge in [-0.25, -0.2) is 9.18 Å². The number of likely N-dealkylation sites (tertiary alicyclic amines) is 1. The minimum absolute atomic E-state index is 0.0819. The second-order valence-corrected chi connectivity index (χ2v) is 8.35. The van der Waals surface area contributed by atoms with Crippen LogP contribution in [-0.4, -0.2) is 66.2 Å². The molecular formula is C25H27FN2O5. The number of hydrogen-bond donors (Lipinski definition) is 1. The first-order valence-corrected chi connectivity index (χ1v) is 10.9. The number of ether oxygens (including phenoxy) is 1. The molecule has 1 fully saturated rings. The number of furan rings is 1. The number of carboxylic acids is 1. The van der Waals surface area contributed by atoms with Crippen molar-refractivity contribution >= 4 is 22.8 Å². The summed E-state index contributed by atoms with van der Waals surface area (Å²) in [6.07, 6.45) is 1.42. The lowest BCUT2D eigenvalue weighted by Gasteiger charge is -2.32. The quantitative estimate of drug-likeness (QED) is 0.531. The molecule has 2 heterocycles. The third kappa shape index (κ3) is 5.51. The first-order chi connectivity index (χ1) is 15.9. The smallest absolute Gasteiger partial charge is 0.341 e. The number of likely N-dealkylation sites (N-methyl/N-ethyl adjacent to an activating group) is 1. The van der Waals surface area contributed by atoms with Crippen molar-refractivity contribution in [1.29, 1.82) is 0 Å². The lowest BCUT2D eigenvalue weighted by Crippen LogP contribution is -2.39. The molecule has 4 rings (SSSR count). The zero-order chi connectivity index (χ0) is 23.4. The minimum Gasteiger partial charge on any atom is -0.482 e. The second-order valence-electron chi connectivity index (χ2n) is 8.35. The first-order valence-electron chi connectivity index (χ1n) is 10.9. The van der Waals surface area contributed by atoms with E-state index in [9.17, 15) is 14.0 Å². The maximum Gasteiger partial charge on any atom is 0.341 e. The van der Waals surface area contributed by atoms with Crippen LogP contribution in [0.3, 0.4) is 0 Å². The number of fused-ring (bicyclic) bond motifs is 1. The van der Waals surface area contributed by atoms with Crippen LogP contribution in [0.4, 0.5) is 4.39 Å². The number of carbonyl (C=O) groups excluding carboxylic acids is 1. The highest BCUT2D eigenvalue weighted by Gasteiger charge is 2.29. The molecule has 1 aliphatic heterocycles. The summed E-state index contributed by atoms with van der Waals surface area (Å²) in [5.41, 5.74) is 2.41. The van der Waals surface area contributed by atoms with Gasteiger partial charge < -0.3 is 19.2 Å². The van der Waals surface area contributed by atoms with Crippen molar-refractivity contribution in [2.75, 3.05) is 33.3 Å². The molecule has 1 aliphatic rings. The summed E-state index contributed by atoms with van der Waals surface area (Å²) in [5, 5.41) is 9.80. The van der Waals surface area contributed by atoms with E-state index in [0.717, 1.165) is 22.1 Å². The molecule has 0 saturated carbocycles. The van der Waals surface area contributed by atoms with Crippen LogP contribution in [-0.2, 0) is 16.0 Å². The molecule has 33 heavy (non-hydrogen) atoms. The van der Waals surface area contributed by atoms with Gasteiger partial charge in [-0.1, -0.05) is 24.3 Å². The fraction of sp³-hybridized carbons (Fsp3) is 0.360. The molecule has 2 unspecified atom stereocenters. The Balaban J connectivity index is 1.57. The molecule has 7 nitrogen and oxygen atoms in total. The van der Waals surface area contributed by atoms with E-state index in [1.165, 1.54) is 0 Å². The minimum atomic E-state index is -1.07. The van der Waals surface area contributed by atoms with Gasteiger partial charge >= 0.3 is 5.97 Å². The highest BCUT2D eigenvalue weighted by molar-refractivity contribution is 5.87. The molecular weight excluding hydrogens is 427 g/mol. The van der Waals surface area contributed by atoms with Crippen LogP contribution < -0.4 is 4.74 Å². The lowest BCUT2D eigenvalue weighted by atomic mass is 10.0. The standard InChI is InChI=1S/C25H27FN2O5/c1-27(24(29)13-17-4-3-7-23-21(17)9-11-32-23)22(15-28-10-8-19(26)14-28)18-5-2-6-20(12-18)33-16-25(30)31/h2-7,9,11-12,19,22H,8,10,13-16H2,1H3,(H,30,31). The van der Waals surface area contributed by atoms with Crippen molar-refractivity contribution in [3.05, 3.63) is 65.9 Å². The number of hydrogen-bond acceptors (Lipinski definition) is 5. The normalized spacial score (nSPS) is 17.2. The molecule has 0 spiro atoms. The highest BCUT2D eigenvalue weighted by Crippen LogP contribution is 2.28. The molecule has 1 aromatic heterocycles. The Labute approximate surface area is 191 Å². The van der Waals surface area contributed by atoms with Gasteiger partial charge in [0.15, 0.2) is 6.61 Å². The van der Waals surface area contributed by atoms with Gasteiger partial charge in [0.1, 0.15) is 17.5 Å². The Morgan fingerprint density at radius 3 is 2.85 bits per heavy atom. The summed E-state index contributed by atoms with van der Waals surface area (Å²) in [6.45, 7) is 0.986. The molecule has 1 N–H and O–H groups in total. The van der Waals surface area contributed by atoms with Crippen molar-refractivity contribution in [2.45, 2.75) is 25.1 Å². The summed E-state index contributed by atoms with van der Waals surface area (Å²) in [6, 6.07) is 14.2. The largest absolute Gasteiger partial charge is 0.482 e. The molecule has 8 heteroatoms. The molecule has 2 atom stereocenters. The van der Waals surface area contributed by atoms with E-state index in [0.29, 0.717) is 31.8 Å². The van der Waals surface area contributed by atoms with Crippen LogP contribution in [0.1, 0.15) is 23.6 Å². The fourth-order valence-corrected chi connectivity index (χ4v) is 4.28. The van der Waals surface area contributed by atoms with Gasteiger partial charge in [0.25, 0.3) is 0 Å². The van der Waals surface area contributed by atoms with E-state index >= 15 is 0 Å². The van der Waals surface area contributed by atoms with Gasteiger partial charge in [0.2, 0.25) is 5.91 Å². The fourth-order valence-electron chi connectivity index (χ4n) is 4.28. The van der Waals surface area contributed by atoms with Crippen molar-refractivity contribution in [1.82, 2.24) is 9.80 Å². The van der Waals surface area contributed by atoms with Gasteiger partial charge in [0, 0.05) is 32.1 Å². The number of alkyl halides is 1. The van der Waals surface area contributed by atoms with E-state index in [1.54, 1.807) is 36.4 Å². The number of benzene rings is 2. The van der Waals surface area contributed by atoms with Crippen LogP contribution in [0.2, 0.25) is 0 Å². The maximum absolute atomic E-state index is 13.8. The third-order valence-electron chi connectivity index (χ3n) is 6.04. The third-order valence-corrected chi connectivity index (χ3v) is 6.04. The number of nitrogens with zero attached hydrogens (tertiary/aromatic N) is 2. The molecule has 0 radical (unpaired) electrons. The summed E-state index contributed by atoms with van der Waals surface area (Å²) in [7, 11) is 1.75. The molecule has 174 valence electrons. The Kier molecular flexibility index (Phi) is 6.93. The van der Waals surface area contributed by atoms with Crippen LogP contribution in [0.5, 0.6) is 5.75 Å². The second kappa shape index (κ2) is 10.0.